The van der Waals surface area contributed by atoms with Gasteiger partial charge in [-0.3, -0.25) is 0 Å². The van der Waals surface area contributed by atoms with Gasteiger partial charge in [-0.2, -0.15) is 5.10 Å². The van der Waals surface area contributed by atoms with Crippen molar-refractivity contribution in [1.29, 1.82) is 0 Å². The Labute approximate surface area is 148 Å². The van der Waals surface area contributed by atoms with Gasteiger partial charge in [-0.1, -0.05) is 60.7 Å². The van der Waals surface area contributed by atoms with E-state index in [1.165, 1.54) is 0 Å². The van der Waals surface area contributed by atoms with Gasteiger partial charge in [-0.15, -0.1) is 16.4 Å². The van der Waals surface area contributed by atoms with Crippen LogP contribution in [0, 0.1) is 0 Å². The van der Waals surface area contributed by atoms with Crippen molar-refractivity contribution in [3.8, 4) is 0 Å². The number of hydrogen-bond donors (Lipinski definition) is 0. The Morgan fingerprint density at radius 2 is 1.39 bits per heavy atom. The molecule has 0 aliphatic carbocycles. The molecule has 0 saturated heterocycles. The van der Waals surface area contributed by atoms with E-state index in [0.717, 1.165) is 31.9 Å². The average Bonchev–Trinajstić information content (AvgIpc) is 3.03. The molecule has 0 aliphatic rings. The fraction of sp³-hybridized carbons (Fsp3) is 0.0526. The number of thiophene rings is 1. The lowest BCUT2D eigenvalue weighted by Gasteiger charge is -2.05. The smallest absolute Gasteiger partial charge is 0.100 e. The van der Waals surface area contributed by atoms with Gasteiger partial charge in [0.05, 0.1) is 10.6 Å². The molecule has 1 aromatic heterocycles. The van der Waals surface area contributed by atoms with Crippen molar-refractivity contribution in [2.75, 3.05) is 0 Å². The summed E-state index contributed by atoms with van der Waals surface area (Å²) in [5, 5.41) is 11.1. The predicted octanol–water partition coefficient (Wildman–Crippen LogP) is 5.77. The largest absolute Gasteiger partial charge is 0.154 e. The molecule has 4 heteroatoms. The molecule has 0 saturated carbocycles. The molecular formula is C19H15BrN2S. The molecule has 1 heterocycles. The second-order valence-electron chi connectivity index (χ2n) is 4.96. The molecule has 0 N–H and O–H groups in total. The Hall–Kier alpha value is -2.04. The zero-order valence-corrected chi connectivity index (χ0v) is 15.0. The summed E-state index contributed by atoms with van der Waals surface area (Å²) >= 11 is 5.20. The minimum Gasteiger partial charge on any atom is -0.154 e. The number of benzene rings is 2. The van der Waals surface area contributed by atoms with E-state index in [2.05, 4.69) is 50.4 Å². The lowest BCUT2D eigenvalue weighted by Crippen LogP contribution is -2.03. The van der Waals surface area contributed by atoms with Crippen LogP contribution in [0.2, 0.25) is 0 Å². The van der Waals surface area contributed by atoms with Gasteiger partial charge in [-0.05, 0) is 34.3 Å². The highest BCUT2D eigenvalue weighted by Gasteiger charge is 2.08. The first-order chi connectivity index (χ1) is 11.3. The van der Waals surface area contributed by atoms with Crippen molar-refractivity contribution in [2.24, 2.45) is 10.2 Å². The second kappa shape index (κ2) is 7.49. The maximum atomic E-state index is 4.55. The third kappa shape index (κ3) is 3.84. The van der Waals surface area contributed by atoms with E-state index in [1.54, 1.807) is 11.3 Å². The van der Waals surface area contributed by atoms with Crippen LogP contribution in [0.3, 0.4) is 0 Å². The predicted molar refractivity (Wildman–Crippen MR) is 103 cm³/mol. The van der Waals surface area contributed by atoms with Gasteiger partial charge in [0.25, 0.3) is 0 Å². The Morgan fingerprint density at radius 3 is 1.87 bits per heavy atom. The highest BCUT2D eigenvalue weighted by atomic mass is 79.9. The summed E-state index contributed by atoms with van der Waals surface area (Å²) in [5.74, 6) is 0. The maximum absolute atomic E-state index is 4.55. The molecule has 2 nitrogen and oxygen atoms in total. The van der Waals surface area contributed by atoms with Gasteiger partial charge in [0.1, 0.15) is 5.71 Å². The summed E-state index contributed by atoms with van der Waals surface area (Å²) in [6.45, 7) is 1.98. The van der Waals surface area contributed by atoms with Gasteiger partial charge < -0.3 is 0 Å². The van der Waals surface area contributed by atoms with Crippen LogP contribution in [0.1, 0.15) is 22.9 Å². The molecule has 0 spiro atoms. The number of rotatable bonds is 4. The van der Waals surface area contributed by atoms with Gasteiger partial charge >= 0.3 is 0 Å². The highest BCUT2D eigenvalue weighted by molar-refractivity contribution is 9.10. The third-order valence-corrected chi connectivity index (χ3v) is 5.29. The first-order valence-corrected chi connectivity index (χ1v) is 8.89. The molecule has 0 unspecified atom stereocenters. The molecule has 114 valence electrons. The van der Waals surface area contributed by atoms with Crippen molar-refractivity contribution in [3.63, 3.8) is 0 Å². The zero-order chi connectivity index (χ0) is 16.1. The molecule has 3 rings (SSSR count). The van der Waals surface area contributed by atoms with Crippen molar-refractivity contribution in [3.05, 3.63) is 92.6 Å². The summed E-state index contributed by atoms with van der Waals surface area (Å²) in [5.41, 5.74) is 3.88. The summed E-state index contributed by atoms with van der Waals surface area (Å²) < 4.78 is 1.06. The van der Waals surface area contributed by atoms with E-state index in [0.29, 0.717) is 0 Å². The van der Waals surface area contributed by atoms with Gasteiger partial charge in [0, 0.05) is 15.6 Å². The first kappa shape index (κ1) is 15.8. The van der Waals surface area contributed by atoms with Crippen molar-refractivity contribution < 1.29 is 0 Å². The fourth-order valence-corrected chi connectivity index (χ4v) is 3.80. The van der Waals surface area contributed by atoms with Crippen LogP contribution >= 0.6 is 27.3 Å². The van der Waals surface area contributed by atoms with E-state index in [-0.39, 0.29) is 0 Å². The quantitative estimate of drug-likeness (QED) is 0.404. The average molecular weight is 383 g/mol. The normalized spacial score (nSPS) is 11.3. The van der Waals surface area contributed by atoms with E-state index in [1.807, 2.05) is 54.8 Å². The minimum atomic E-state index is 0.873. The molecule has 0 aliphatic heterocycles. The number of halogens is 1. The summed E-state index contributed by atoms with van der Waals surface area (Å²) in [6.07, 6.45) is 0. The van der Waals surface area contributed by atoms with Crippen molar-refractivity contribution in [1.82, 2.24) is 0 Å². The molecule has 0 fully saturated rings. The minimum absolute atomic E-state index is 0.873. The van der Waals surface area contributed by atoms with E-state index in [4.69, 9.17) is 0 Å². The van der Waals surface area contributed by atoms with Gasteiger partial charge in [-0.25, -0.2) is 0 Å². The van der Waals surface area contributed by atoms with Crippen LogP contribution in [0.5, 0.6) is 0 Å². The third-order valence-electron chi connectivity index (χ3n) is 3.34. The Bertz CT molecular complexity index is 795. The van der Waals surface area contributed by atoms with E-state index < -0.39 is 0 Å². The van der Waals surface area contributed by atoms with Crippen LogP contribution in [0.25, 0.3) is 0 Å². The molecule has 0 amide bonds. The molecule has 0 bridgehead atoms. The summed E-state index contributed by atoms with van der Waals surface area (Å²) in [6, 6.07) is 22.3. The molecule has 3 aromatic rings. The van der Waals surface area contributed by atoms with Crippen molar-refractivity contribution >= 4 is 38.7 Å². The maximum Gasteiger partial charge on any atom is 0.100 e. The van der Waals surface area contributed by atoms with E-state index >= 15 is 0 Å². The summed E-state index contributed by atoms with van der Waals surface area (Å²) in [7, 11) is 0. The Morgan fingerprint density at radius 1 is 0.826 bits per heavy atom. The van der Waals surface area contributed by atoms with Gasteiger partial charge in [0.15, 0.2) is 0 Å². The molecule has 23 heavy (non-hydrogen) atoms. The molecular weight excluding hydrogens is 368 g/mol. The first-order valence-electron chi connectivity index (χ1n) is 7.22. The lowest BCUT2D eigenvalue weighted by molar-refractivity contribution is 1.22. The topological polar surface area (TPSA) is 24.7 Å². The van der Waals surface area contributed by atoms with E-state index in [9.17, 15) is 0 Å². The second-order valence-corrected chi connectivity index (χ2v) is 6.73. The van der Waals surface area contributed by atoms with Crippen LogP contribution in [0.4, 0.5) is 0 Å². The van der Waals surface area contributed by atoms with Crippen LogP contribution in [-0.4, -0.2) is 11.4 Å². The zero-order valence-electron chi connectivity index (χ0n) is 12.6. The number of nitrogens with zero attached hydrogens (tertiary/aromatic N) is 2. The van der Waals surface area contributed by atoms with Crippen LogP contribution < -0.4 is 0 Å². The fourth-order valence-electron chi connectivity index (χ4n) is 2.20. The van der Waals surface area contributed by atoms with Gasteiger partial charge in [0.2, 0.25) is 0 Å². The highest BCUT2D eigenvalue weighted by Crippen LogP contribution is 2.23. The van der Waals surface area contributed by atoms with Crippen molar-refractivity contribution in [2.45, 2.75) is 6.92 Å². The standard InChI is InChI=1S/C19H15BrN2S/c1-14(19-17(20)12-13-23-19)21-22-18(15-8-4-2-5-9-15)16-10-6-3-7-11-16/h2-13H,1H3/b21-14+. The lowest BCUT2D eigenvalue weighted by atomic mass is 10.0. The number of hydrogen-bond acceptors (Lipinski definition) is 3. The summed E-state index contributed by atoms with van der Waals surface area (Å²) in [4.78, 5) is 1.11. The molecule has 0 radical (unpaired) electrons. The Kier molecular flexibility index (Phi) is 5.16. The SMILES string of the molecule is C/C(=N\N=C(c1ccccc1)c1ccccc1)c1sccc1Br. The molecule has 0 atom stereocenters. The molecule has 2 aromatic carbocycles. The van der Waals surface area contributed by atoms with Crippen LogP contribution in [0.15, 0.2) is 86.8 Å². The Balaban J connectivity index is 2.04. The van der Waals surface area contributed by atoms with Crippen LogP contribution in [-0.2, 0) is 0 Å². The monoisotopic (exact) mass is 382 g/mol.